The van der Waals surface area contributed by atoms with Crippen LogP contribution in [0.1, 0.15) is 32.5 Å². The second-order valence-corrected chi connectivity index (χ2v) is 3.94. The first-order valence-electron chi connectivity index (χ1n) is 4.99. The third-order valence-electron chi connectivity index (χ3n) is 1.96. The highest BCUT2D eigenvalue weighted by molar-refractivity contribution is 7.09. The number of carbonyl (C=O) groups is 1. The Morgan fingerprint density at radius 2 is 2.33 bits per heavy atom. The van der Waals surface area contributed by atoms with E-state index >= 15 is 0 Å². The normalized spacial score (nSPS) is 12.4. The molecule has 0 spiro atoms. The number of rotatable bonds is 6. The molecular formula is C9H15N3O2S. The van der Waals surface area contributed by atoms with Gasteiger partial charge in [-0.2, -0.15) is 4.37 Å². The van der Waals surface area contributed by atoms with E-state index < -0.39 is 12.0 Å². The highest BCUT2D eigenvalue weighted by Crippen LogP contribution is 2.14. The summed E-state index contributed by atoms with van der Waals surface area (Å²) in [4.78, 5) is 15.0. The molecule has 0 saturated carbocycles. The van der Waals surface area contributed by atoms with Crippen LogP contribution >= 0.6 is 11.5 Å². The zero-order chi connectivity index (χ0) is 11.3. The molecular weight excluding hydrogens is 214 g/mol. The van der Waals surface area contributed by atoms with Crippen molar-refractivity contribution >= 4 is 22.6 Å². The molecule has 84 valence electrons. The molecule has 1 atom stereocenters. The van der Waals surface area contributed by atoms with Gasteiger partial charge in [0.15, 0.2) is 0 Å². The molecule has 5 nitrogen and oxygen atoms in total. The maximum atomic E-state index is 10.9. The first-order valence-corrected chi connectivity index (χ1v) is 5.76. The molecule has 0 saturated heterocycles. The van der Waals surface area contributed by atoms with E-state index in [0.717, 1.165) is 18.7 Å². The fourth-order valence-corrected chi connectivity index (χ4v) is 1.85. The van der Waals surface area contributed by atoms with Crippen molar-refractivity contribution in [3.8, 4) is 0 Å². The fraction of sp³-hybridized carbons (Fsp3) is 0.667. The van der Waals surface area contributed by atoms with Crippen molar-refractivity contribution in [2.75, 3.05) is 5.32 Å². The van der Waals surface area contributed by atoms with Crippen LogP contribution in [0.4, 0.5) is 5.13 Å². The Hall–Kier alpha value is -1.17. The van der Waals surface area contributed by atoms with Crippen LogP contribution < -0.4 is 5.32 Å². The van der Waals surface area contributed by atoms with Gasteiger partial charge in [-0.1, -0.05) is 20.3 Å². The smallest absolute Gasteiger partial charge is 0.326 e. The number of aryl methyl sites for hydroxylation is 1. The van der Waals surface area contributed by atoms with E-state index in [1.807, 2.05) is 13.8 Å². The standard InChI is InChI=1S/C9H15N3O2S/c1-3-5-6(8(13)14)10-9-11-7(4-2)12-15-9/h6H,3-5H2,1-2H3,(H,13,14)(H,10,11,12). The summed E-state index contributed by atoms with van der Waals surface area (Å²) in [6.45, 7) is 3.92. The number of carboxylic acids is 1. The number of nitrogens with zero attached hydrogens (tertiary/aromatic N) is 2. The van der Waals surface area contributed by atoms with E-state index in [1.54, 1.807) is 0 Å². The molecule has 0 aliphatic heterocycles. The van der Waals surface area contributed by atoms with Gasteiger partial charge in [0.25, 0.3) is 0 Å². The first kappa shape index (κ1) is 11.9. The molecule has 0 aromatic carbocycles. The summed E-state index contributed by atoms with van der Waals surface area (Å²) in [5.41, 5.74) is 0. The minimum Gasteiger partial charge on any atom is -0.480 e. The van der Waals surface area contributed by atoms with Gasteiger partial charge in [-0.15, -0.1) is 0 Å². The van der Waals surface area contributed by atoms with Gasteiger partial charge in [0, 0.05) is 18.0 Å². The lowest BCUT2D eigenvalue weighted by molar-refractivity contribution is -0.138. The van der Waals surface area contributed by atoms with Crippen molar-refractivity contribution in [3.63, 3.8) is 0 Å². The fourth-order valence-electron chi connectivity index (χ4n) is 1.15. The van der Waals surface area contributed by atoms with E-state index in [9.17, 15) is 4.79 Å². The van der Waals surface area contributed by atoms with E-state index in [-0.39, 0.29) is 0 Å². The maximum Gasteiger partial charge on any atom is 0.326 e. The van der Waals surface area contributed by atoms with E-state index in [1.165, 1.54) is 11.5 Å². The van der Waals surface area contributed by atoms with Gasteiger partial charge in [-0.3, -0.25) is 0 Å². The van der Waals surface area contributed by atoms with Crippen molar-refractivity contribution in [3.05, 3.63) is 5.82 Å². The monoisotopic (exact) mass is 229 g/mol. The van der Waals surface area contributed by atoms with Crippen LogP contribution in [0.3, 0.4) is 0 Å². The van der Waals surface area contributed by atoms with Crippen molar-refractivity contribution in [1.82, 2.24) is 9.36 Å². The third-order valence-corrected chi connectivity index (χ3v) is 2.64. The second-order valence-electron chi connectivity index (χ2n) is 3.19. The van der Waals surface area contributed by atoms with Crippen LogP contribution in [0.15, 0.2) is 0 Å². The van der Waals surface area contributed by atoms with Gasteiger partial charge in [0.05, 0.1) is 0 Å². The van der Waals surface area contributed by atoms with E-state index in [0.29, 0.717) is 11.6 Å². The van der Waals surface area contributed by atoms with Crippen LogP contribution in [-0.2, 0) is 11.2 Å². The molecule has 15 heavy (non-hydrogen) atoms. The zero-order valence-electron chi connectivity index (χ0n) is 8.86. The van der Waals surface area contributed by atoms with Gasteiger partial charge < -0.3 is 10.4 Å². The molecule has 0 fully saturated rings. The Kier molecular flexibility index (Phi) is 4.48. The molecule has 1 aromatic heterocycles. The third kappa shape index (κ3) is 3.47. The number of hydrogen-bond acceptors (Lipinski definition) is 5. The summed E-state index contributed by atoms with van der Waals surface area (Å²) in [5, 5.41) is 12.4. The lowest BCUT2D eigenvalue weighted by Crippen LogP contribution is -2.28. The summed E-state index contributed by atoms with van der Waals surface area (Å²) in [5.74, 6) is -0.0896. The minimum atomic E-state index is -0.843. The molecule has 0 amide bonds. The molecule has 2 N–H and O–H groups in total. The Labute approximate surface area is 92.7 Å². The molecule has 0 aliphatic rings. The second kappa shape index (κ2) is 5.65. The van der Waals surface area contributed by atoms with Crippen molar-refractivity contribution < 1.29 is 9.90 Å². The Balaban J connectivity index is 2.61. The van der Waals surface area contributed by atoms with Crippen molar-refractivity contribution in [1.29, 1.82) is 0 Å². The summed E-state index contributed by atoms with van der Waals surface area (Å²) in [6.07, 6.45) is 2.18. The van der Waals surface area contributed by atoms with Gasteiger partial charge in [0.1, 0.15) is 11.9 Å². The van der Waals surface area contributed by atoms with E-state index in [2.05, 4.69) is 14.7 Å². The molecule has 0 bridgehead atoms. The number of hydrogen-bond donors (Lipinski definition) is 2. The highest BCUT2D eigenvalue weighted by Gasteiger charge is 2.17. The van der Waals surface area contributed by atoms with Crippen LogP contribution in [-0.4, -0.2) is 26.5 Å². The number of aromatic nitrogens is 2. The summed E-state index contributed by atoms with van der Waals surface area (Å²) >= 11 is 1.21. The molecule has 1 aromatic rings. The van der Waals surface area contributed by atoms with Gasteiger partial charge in [0.2, 0.25) is 5.13 Å². The summed E-state index contributed by atoms with van der Waals surface area (Å²) < 4.78 is 4.08. The largest absolute Gasteiger partial charge is 0.480 e. The maximum absolute atomic E-state index is 10.9. The average molecular weight is 229 g/mol. The molecule has 1 rings (SSSR count). The molecule has 0 aliphatic carbocycles. The molecule has 1 heterocycles. The number of carboxylic acid groups (broad SMARTS) is 1. The van der Waals surface area contributed by atoms with Crippen LogP contribution in [0.5, 0.6) is 0 Å². The van der Waals surface area contributed by atoms with Crippen molar-refractivity contribution in [2.45, 2.75) is 39.2 Å². The van der Waals surface area contributed by atoms with Gasteiger partial charge in [-0.05, 0) is 6.42 Å². The topological polar surface area (TPSA) is 75.1 Å². The number of nitrogens with one attached hydrogen (secondary N) is 1. The van der Waals surface area contributed by atoms with Gasteiger partial charge in [-0.25, -0.2) is 9.78 Å². The number of anilines is 1. The molecule has 6 heteroatoms. The average Bonchev–Trinajstić information content (AvgIpc) is 2.65. The lowest BCUT2D eigenvalue weighted by Gasteiger charge is -2.11. The van der Waals surface area contributed by atoms with E-state index in [4.69, 9.17) is 5.11 Å². The zero-order valence-corrected chi connectivity index (χ0v) is 9.67. The number of aliphatic carboxylic acids is 1. The lowest BCUT2D eigenvalue weighted by atomic mass is 10.2. The van der Waals surface area contributed by atoms with Gasteiger partial charge >= 0.3 is 5.97 Å². The van der Waals surface area contributed by atoms with Crippen LogP contribution in [0.25, 0.3) is 0 Å². The SMILES string of the molecule is CCCC(Nc1nc(CC)ns1)C(=O)O. The molecule has 1 unspecified atom stereocenters. The highest BCUT2D eigenvalue weighted by atomic mass is 32.1. The van der Waals surface area contributed by atoms with Crippen LogP contribution in [0, 0.1) is 0 Å². The summed E-state index contributed by atoms with van der Waals surface area (Å²) in [6, 6.07) is -0.562. The first-order chi connectivity index (χ1) is 7.17. The predicted molar refractivity (Wildman–Crippen MR) is 59.2 cm³/mol. The Morgan fingerprint density at radius 1 is 1.60 bits per heavy atom. The summed E-state index contributed by atoms with van der Waals surface area (Å²) in [7, 11) is 0. The Morgan fingerprint density at radius 3 is 2.80 bits per heavy atom. The van der Waals surface area contributed by atoms with Crippen LogP contribution in [0.2, 0.25) is 0 Å². The quantitative estimate of drug-likeness (QED) is 0.777. The van der Waals surface area contributed by atoms with Crippen molar-refractivity contribution in [2.24, 2.45) is 0 Å². The minimum absolute atomic E-state index is 0.562. The molecule has 0 radical (unpaired) electrons. The predicted octanol–water partition coefficient (Wildman–Crippen LogP) is 1.77. The Bertz CT molecular complexity index is 327.